The molecule has 0 N–H and O–H groups in total. The van der Waals surface area contributed by atoms with Crippen LogP contribution in [0.25, 0.3) is 0 Å². The quantitative estimate of drug-likeness (QED) is 0.518. The number of aliphatic imine (C=N–C) groups is 1. The number of alkyl halides is 3. The lowest BCUT2D eigenvalue weighted by Gasteiger charge is -2.09. The maximum Gasteiger partial charge on any atom is 0.420 e. The van der Waals surface area contributed by atoms with Gasteiger partial charge in [-0.1, -0.05) is 0 Å². The van der Waals surface area contributed by atoms with Crippen molar-refractivity contribution in [2.45, 2.75) is 11.6 Å². The minimum Gasteiger partial charge on any atom is -0.273 e. The Morgan fingerprint density at radius 3 is 2.44 bits per heavy atom. The molecule has 0 aromatic rings. The van der Waals surface area contributed by atoms with E-state index in [-0.39, 0.29) is 0 Å². The minimum atomic E-state index is -4.16. The molecular formula is C4H4F3NS. The van der Waals surface area contributed by atoms with Gasteiger partial charge in [-0.3, -0.25) is 4.99 Å². The van der Waals surface area contributed by atoms with Crippen molar-refractivity contribution >= 4 is 18.0 Å². The molecule has 1 unspecified atom stereocenters. The molecule has 52 valence electrons. The lowest BCUT2D eigenvalue weighted by molar-refractivity contribution is -0.126. The summed E-state index contributed by atoms with van der Waals surface area (Å²) in [4.78, 5) is 3.22. The van der Waals surface area contributed by atoms with Crippen molar-refractivity contribution in [2.75, 3.05) is 5.75 Å². The molecule has 1 aliphatic heterocycles. The van der Waals surface area contributed by atoms with E-state index in [9.17, 15) is 13.2 Å². The number of hydrogen-bond donors (Lipinski definition) is 0. The number of rotatable bonds is 0. The second-order valence-electron chi connectivity index (χ2n) is 1.56. The molecule has 9 heavy (non-hydrogen) atoms. The maximum atomic E-state index is 11.6. The fourth-order valence-corrected chi connectivity index (χ4v) is 1.21. The summed E-state index contributed by atoms with van der Waals surface area (Å²) in [5.74, 6) is 0.379. The van der Waals surface area contributed by atoms with E-state index in [1.807, 2.05) is 0 Å². The van der Waals surface area contributed by atoms with Crippen LogP contribution in [0.15, 0.2) is 4.99 Å². The average Bonchev–Trinajstić information content (AvgIpc) is 2.08. The first-order valence-electron chi connectivity index (χ1n) is 2.30. The van der Waals surface area contributed by atoms with Crippen LogP contribution >= 0.6 is 11.8 Å². The SMILES string of the molecule is FC(F)(F)C1N=CCS1. The predicted octanol–water partition coefficient (Wildman–Crippen LogP) is 1.69. The van der Waals surface area contributed by atoms with Crippen molar-refractivity contribution < 1.29 is 13.2 Å². The van der Waals surface area contributed by atoms with Crippen molar-refractivity contribution in [3.05, 3.63) is 0 Å². The summed E-state index contributed by atoms with van der Waals surface area (Å²) in [6.07, 6.45) is -2.86. The highest BCUT2D eigenvalue weighted by atomic mass is 32.2. The van der Waals surface area contributed by atoms with E-state index in [4.69, 9.17) is 0 Å². The highest BCUT2D eigenvalue weighted by Gasteiger charge is 2.40. The van der Waals surface area contributed by atoms with Crippen LogP contribution in [0, 0.1) is 0 Å². The molecule has 0 amide bonds. The third-order valence-corrected chi connectivity index (χ3v) is 1.90. The van der Waals surface area contributed by atoms with Crippen LogP contribution in [0.2, 0.25) is 0 Å². The van der Waals surface area contributed by atoms with E-state index in [1.54, 1.807) is 0 Å². The Labute approximate surface area is 54.3 Å². The van der Waals surface area contributed by atoms with Gasteiger partial charge >= 0.3 is 6.18 Å². The zero-order chi connectivity index (χ0) is 6.91. The molecule has 0 saturated heterocycles. The molecule has 1 aliphatic rings. The van der Waals surface area contributed by atoms with E-state index in [2.05, 4.69) is 4.99 Å². The van der Waals surface area contributed by atoms with Crippen LogP contribution in [-0.2, 0) is 0 Å². The van der Waals surface area contributed by atoms with E-state index in [0.29, 0.717) is 5.75 Å². The maximum absolute atomic E-state index is 11.6. The smallest absolute Gasteiger partial charge is 0.273 e. The molecule has 5 heteroatoms. The highest BCUT2D eigenvalue weighted by Crippen LogP contribution is 2.33. The van der Waals surface area contributed by atoms with Gasteiger partial charge in [0.15, 0.2) is 5.37 Å². The zero-order valence-electron chi connectivity index (χ0n) is 4.35. The van der Waals surface area contributed by atoms with Crippen molar-refractivity contribution in [1.82, 2.24) is 0 Å². The standard InChI is InChI=1S/C4H4F3NS/c5-4(6,7)3-8-1-2-9-3/h1,3H,2H2. The molecule has 0 spiro atoms. The van der Waals surface area contributed by atoms with Gasteiger partial charge < -0.3 is 0 Å². The molecule has 1 nitrogen and oxygen atoms in total. The van der Waals surface area contributed by atoms with Gasteiger partial charge in [0.2, 0.25) is 0 Å². The molecule has 1 heterocycles. The number of hydrogen-bond acceptors (Lipinski definition) is 2. The van der Waals surface area contributed by atoms with Gasteiger partial charge in [0.05, 0.1) is 0 Å². The molecule has 1 atom stereocenters. The summed E-state index contributed by atoms with van der Waals surface area (Å²) in [6, 6.07) is 0. The number of thioether (sulfide) groups is 1. The van der Waals surface area contributed by atoms with Gasteiger partial charge in [0.25, 0.3) is 0 Å². The Kier molecular flexibility index (Phi) is 1.70. The average molecular weight is 155 g/mol. The van der Waals surface area contributed by atoms with E-state index in [1.165, 1.54) is 6.21 Å². The number of halogens is 3. The van der Waals surface area contributed by atoms with Gasteiger partial charge in [-0.05, 0) is 0 Å². The lowest BCUT2D eigenvalue weighted by Crippen LogP contribution is -2.21. The minimum absolute atomic E-state index is 0.379. The van der Waals surface area contributed by atoms with E-state index in [0.717, 1.165) is 11.8 Å². The van der Waals surface area contributed by atoms with Gasteiger partial charge in [-0.2, -0.15) is 13.2 Å². The van der Waals surface area contributed by atoms with Gasteiger partial charge in [0.1, 0.15) is 0 Å². The monoisotopic (exact) mass is 155 g/mol. The molecular weight excluding hydrogens is 151 g/mol. The highest BCUT2D eigenvalue weighted by molar-refractivity contribution is 8.00. The first-order valence-corrected chi connectivity index (χ1v) is 3.35. The fourth-order valence-electron chi connectivity index (χ4n) is 0.495. The Bertz CT molecular complexity index is 130. The van der Waals surface area contributed by atoms with Crippen LogP contribution in [0.4, 0.5) is 13.2 Å². The van der Waals surface area contributed by atoms with E-state index < -0.39 is 11.6 Å². The second-order valence-corrected chi connectivity index (χ2v) is 2.67. The van der Waals surface area contributed by atoms with Gasteiger partial charge in [-0.15, -0.1) is 11.8 Å². The third kappa shape index (κ3) is 1.61. The summed E-state index contributed by atoms with van der Waals surface area (Å²) in [7, 11) is 0. The molecule has 0 aromatic carbocycles. The van der Waals surface area contributed by atoms with Crippen LogP contribution < -0.4 is 0 Å². The van der Waals surface area contributed by atoms with Crippen molar-refractivity contribution in [1.29, 1.82) is 0 Å². The molecule has 0 fully saturated rings. The van der Waals surface area contributed by atoms with Crippen molar-refractivity contribution in [2.24, 2.45) is 4.99 Å². The Balaban J connectivity index is 2.53. The lowest BCUT2D eigenvalue weighted by atomic mass is 10.6. The van der Waals surface area contributed by atoms with E-state index >= 15 is 0 Å². The predicted molar refractivity (Wildman–Crippen MR) is 30.8 cm³/mol. The third-order valence-electron chi connectivity index (χ3n) is 0.849. The zero-order valence-corrected chi connectivity index (χ0v) is 5.17. The van der Waals surface area contributed by atoms with Gasteiger partial charge in [-0.25, -0.2) is 0 Å². The Morgan fingerprint density at radius 1 is 1.56 bits per heavy atom. The molecule has 1 rings (SSSR count). The fraction of sp³-hybridized carbons (Fsp3) is 0.750. The Hall–Kier alpha value is -0.190. The summed E-state index contributed by atoms with van der Waals surface area (Å²) in [6.45, 7) is 0. The van der Waals surface area contributed by atoms with Crippen LogP contribution in [0.1, 0.15) is 0 Å². The molecule has 0 aliphatic carbocycles. The van der Waals surface area contributed by atoms with Crippen molar-refractivity contribution in [3.63, 3.8) is 0 Å². The summed E-state index contributed by atoms with van der Waals surface area (Å²) < 4.78 is 34.9. The topological polar surface area (TPSA) is 12.4 Å². The Morgan fingerprint density at radius 2 is 2.22 bits per heavy atom. The summed E-state index contributed by atoms with van der Waals surface area (Å²) >= 11 is 0.802. The second kappa shape index (κ2) is 2.21. The molecule has 0 bridgehead atoms. The largest absolute Gasteiger partial charge is 0.420 e. The van der Waals surface area contributed by atoms with Crippen LogP contribution in [0.5, 0.6) is 0 Å². The molecule has 0 radical (unpaired) electrons. The number of nitrogens with zero attached hydrogens (tertiary/aromatic N) is 1. The molecule has 0 saturated carbocycles. The summed E-state index contributed by atoms with van der Waals surface area (Å²) in [5, 5.41) is -1.50. The first-order chi connectivity index (χ1) is 4.11. The molecule has 0 aromatic heterocycles. The van der Waals surface area contributed by atoms with Crippen LogP contribution in [0.3, 0.4) is 0 Å². The first kappa shape index (κ1) is 6.92. The normalized spacial score (nSPS) is 27.2. The van der Waals surface area contributed by atoms with Gasteiger partial charge in [0, 0.05) is 12.0 Å². The van der Waals surface area contributed by atoms with Crippen molar-refractivity contribution in [3.8, 4) is 0 Å². The summed E-state index contributed by atoms with van der Waals surface area (Å²) in [5.41, 5.74) is 0. The van der Waals surface area contributed by atoms with Crippen LogP contribution in [-0.4, -0.2) is 23.5 Å².